The molecule has 1 fully saturated rings. The maximum atomic E-state index is 11.8. The van der Waals surface area contributed by atoms with Crippen molar-refractivity contribution < 1.29 is 8.42 Å². The summed E-state index contributed by atoms with van der Waals surface area (Å²) in [7, 11) is -1.44. The lowest BCUT2D eigenvalue weighted by Crippen LogP contribution is -2.40. The third-order valence-electron chi connectivity index (χ3n) is 3.68. The average Bonchev–Trinajstić information content (AvgIpc) is 2.28. The molecule has 0 atom stereocenters. The van der Waals surface area contributed by atoms with E-state index in [0.717, 1.165) is 31.6 Å². The summed E-state index contributed by atoms with van der Waals surface area (Å²) in [5, 5.41) is 0. The normalized spacial score (nSPS) is 27.2. The van der Waals surface area contributed by atoms with E-state index in [2.05, 4.69) is 6.92 Å². The van der Waals surface area contributed by atoms with E-state index < -0.39 is 10.0 Å². The minimum absolute atomic E-state index is 0.0543. The Balaban J connectivity index is 2.53. The zero-order valence-electron chi connectivity index (χ0n) is 10.2. The van der Waals surface area contributed by atoms with Gasteiger partial charge < -0.3 is 0 Å². The van der Waals surface area contributed by atoms with E-state index in [0.29, 0.717) is 0 Å². The van der Waals surface area contributed by atoms with Crippen LogP contribution >= 0.6 is 11.6 Å². The van der Waals surface area contributed by atoms with Gasteiger partial charge in [0.15, 0.2) is 0 Å². The molecule has 1 rings (SSSR count). The van der Waals surface area contributed by atoms with Crippen molar-refractivity contribution in [3.05, 3.63) is 0 Å². The monoisotopic (exact) mass is 267 g/mol. The molecule has 0 N–H and O–H groups in total. The largest absolute Gasteiger partial charge is 0.215 e. The summed E-state index contributed by atoms with van der Waals surface area (Å²) in [4.78, 5) is 0. The number of alkyl halides is 1. The van der Waals surface area contributed by atoms with Crippen LogP contribution in [0.5, 0.6) is 0 Å². The molecule has 0 heterocycles. The van der Waals surface area contributed by atoms with E-state index in [4.69, 9.17) is 11.6 Å². The summed E-state index contributed by atoms with van der Waals surface area (Å²) in [6, 6.07) is 0.191. The van der Waals surface area contributed by atoms with Crippen molar-refractivity contribution in [1.29, 1.82) is 0 Å². The molecular weight excluding hydrogens is 246 g/mol. The number of halogens is 1. The fourth-order valence-electron chi connectivity index (χ4n) is 2.39. The van der Waals surface area contributed by atoms with Crippen molar-refractivity contribution >= 4 is 21.6 Å². The van der Waals surface area contributed by atoms with Crippen molar-refractivity contribution in [3.63, 3.8) is 0 Å². The Labute approximate surface area is 104 Å². The van der Waals surface area contributed by atoms with Gasteiger partial charge in [0.05, 0.1) is 5.75 Å². The molecule has 16 heavy (non-hydrogen) atoms. The van der Waals surface area contributed by atoms with Gasteiger partial charge in [-0.25, -0.2) is 12.7 Å². The molecule has 1 aliphatic carbocycles. The molecule has 0 spiro atoms. The predicted octanol–water partition coefficient (Wildman–Crippen LogP) is 2.46. The van der Waals surface area contributed by atoms with Crippen LogP contribution in [-0.2, 0) is 10.0 Å². The maximum Gasteiger partial charge on any atom is 0.215 e. The van der Waals surface area contributed by atoms with Crippen molar-refractivity contribution in [3.8, 4) is 0 Å². The summed E-state index contributed by atoms with van der Waals surface area (Å²) in [5.41, 5.74) is 0. The van der Waals surface area contributed by atoms with Gasteiger partial charge in [-0.05, 0) is 31.6 Å². The summed E-state index contributed by atoms with van der Waals surface area (Å²) < 4.78 is 25.2. The fourth-order valence-corrected chi connectivity index (χ4v) is 4.12. The highest BCUT2D eigenvalue weighted by Gasteiger charge is 2.29. The van der Waals surface area contributed by atoms with E-state index in [-0.39, 0.29) is 17.7 Å². The molecule has 0 saturated heterocycles. The van der Waals surface area contributed by atoms with Crippen LogP contribution in [-0.4, -0.2) is 37.4 Å². The van der Waals surface area contributed by atoms with Crippen molar-refractivity contribution in [2.24, 2.45) is 5.92 Å². The topological polar surface area (TPSA) is 37.4 Å². The van der Waals surface area contributed by atoms with Crippen molar-refractivity contribution in [2.45, 2.75) is 45.1 Å². The highest BCUT2D eigenvalue weighted by atomic mass is 35.5. The SMILES string of the molecule is CCC1CCC(N(C)S(=O)(=O)CCCl)CC1. The number of sulfonamides is 1. The molecule has 0 radical (unpaired) electrons. The molecular formula is C11H22ClNO2S. The first-order valence-corrected chi connectivity index (χ1v) is 8.17. The van der Waals surface area contributed by atoms with Gasteiger partial charge in [-0.3, -0.25) is 0 Å². The van der Waals surface area contributed by atoms with E-state index in [1.165, 1.54) is 6.42 Å². The molecule has 96 valence electrons. The molecule has 1 aliphatic rings. The number of nitrogens with zero attached hydrogens (tertiary/aromatic N) is 1. The third-order valence-corrected chi connectivity index (χ3v) is 5.99. The zero-order chi connectivity index (χ0) is 12.2. The first kappa shape index (κ1) is 14.3. The van der Waals surface area contributed by atoms with Gasteiger partial charge in [0.2, 0.25) is 10.0 Å². The Hall–Kier alpha value is 0.200. The van der Waals surface area contributed by atoms with E-state index in [9.17, 15) is 8.42 Å². The highest BCUT2D eigenvalue weighted by Crippen LogP contribution is 2.29. The quantitative estimate of drug-likeness (QED) is 0.718. The number of rotatable bonds is 5. The summed E-state index contributed by atoms with van der Waals surface area (Å²) in [5.74, 6) is 1.02. The molecule has 5 heteroatoms. The van der Waals surface area contributed by atoms with Crippen LogP contribution in [0, 0.1) is 5.92 Å². The zero-order valence-corrected chi connectivity index (χ0v) is 11.7. The third kappa shape index (κ3) is 3.60. The van der Waals surface area contributed by atoms with Crippen molar-refractivity contribution in [1.82, 2.24) is 4.31 Å². The van der Waals surface area contributed by atoms with E-state index in [1.807, 2.05) is 0 Å². The van der Waals surface area contributed by atoms with E-state index >= 15 is 0 Å². The van der Waals surface area contributed by atoms with Gasteiger partial charge in [0, 0.05) is 19.0 Å². The molecule has 0 aliphatic heterocycles. The lowest BCUT2D eigenvalue weighted by molar-refractivity contribution is 0.233. The van der Waals surface area contributed by atoms with Gasteiger partial charge in [-0.15, -0.1) is 11.6 Å². The van der Waals surface area contributed by atoms with Crippen molar-refractivity contribution in [2.75, 3.05) is 18.7 Å². The molecule has 1 saturated carbocycles. The lowest BCUT2D eigenvalue weighted by Gasteiger charge is -2.33. The first-order valence-electron chi connectivity index (χ1n) is 6.03. The molecule has 0 bridgehead atoms. The lowest BCUT2D eigenvalue weighted by atomic mass is 9.85. The van der Waals surface area contributed by atoms with Crippen LogP contribution in [0.2, 0.25) is 0 Å². The Kier molecular flexibility index (Phi) is 5.54. The predicted molar refractivity (Wildman–Crippen MR) is 68.3 cm³/mol. The second kappa shape index (κ2) is 6.22. The van der Waals surface area contributed by atoms with Crippen LogP contribution in [0.15, 0.2) is 0 Å². The Morgan fingerprint density at radius 3 is 2.25 bits per heavy atom. The summed E-state index contributed by atoms with van der Waals surface area (Å²) in [6.45, 7) is 2.21. The number of hydrogen-bond acceptors (Lipinski definition) is 2. The minimum Gasteiger partial charge on any atom is -0.212 e. The fraction of sp³-hybridized carbons (Fsp3) is 1.00. The van der Waals surface area contributed by atoms with Crippen LogP contribution in [0.4, 0.5) is 0 Å². The standard InChI is InChI=1S/C11H22ClNO2S/c1-3-10-4-6-11(7-5-10)13(2)16(14,15)9-8-12/h10-11H,3-9H2,1-2H3. The second-order valence-electron chi connectivity index (χ2n) is 4.60. The molecule has 0 amide bonds. The van der Waals surface area contributed by atoms with E-state index in [1.54, 1.807) is 11.4 Å². The second-order valence-corrected chi connectivity index (χ2v) is 7.13. The number of hydrogen-bond donors (Lipinski definition) is 0. The van der Waals surface area contributed by atoms with Gasteiger partial charge in [-0.1, -0.05) is 13.3 Å². The molecule has 0 aromatic rings. The Morgan fingerprint density at radius 2 is 1.81 bits per heavy atom. The Morgan fingerprint density at radius 1 is 1.25 bits per heavy atom. The van der Waals surface area contributed by atoms with Gasteiger partial charge in [-0.2, -0.15) is 0 Å². The van der Waals surface area contributed by atoms with Crippen LogP contribution < -0.4 is 0 Å². The molecule has 3 nitrogen and oxygen atoms in total. The first-order chi connectivity index (χ1) is 7.51. The van der Waals surface area contributed by atoms with Crippen LogP contribution in [0.1, 0.15) is 39.0 Å². The molecule has 0 aromatic heterocycles. The molecule has 0 aromatic carbocycles. The van der Waals surface area contributed by atoms with Gasteiger partial charge in [0.1, 0.15) is 0 Å². The average molecular weight is 268 g/mol. The Bertz CT molecular complexity index is 297. The molecule has 0 unspecified atom stereocenters. The van der Waals surface area contributed by atoms with Gasteiger partial charge in [0.25, 0.3) is 0 Å². The smallest absolute Gasteiger partial charge is 0.212 e. The maximum absolute atomic E-state index is 11.8. The van der Waals surface area contributed by atoms with Crippen LogP contribution in [0.3, 0.4) is 0 Å². The van der Waals surface area contributed by atoms with Gasteiger partial charge >= 0.3 is 0 Å². The summed E-state index contributed by atoms with van der Waals surface area (Å²) >= 11 is 5.51. The highest BCUT2D eigenvalue weighted by molar-refractivity contribution is 7.89. The minimum atomic E-state index is -3.13. The summed E-state index contributed by atoms with van der Waals surface area (Å²) in [6.07, 6.45) is 5.52. The van der Waals surface area contributed by atoms with Crippen LogP contribution in [0.25, 0.3) is 0 Å².